The fourth-order valence-electron chi connectivity index (χ4n) is 5.25. The Morgan fingerprint density at radius 3 is 0.729 bits per heavy atom. The molecule has 0 unspecified atom stereocenters. The Morgan fingerprint density at radius 2 is 0.479 bits per heavy atom. The first-order chi connectivity index (χ1) is 23.9. The second-order valence-corrected chi connectivity index (χ2v) is 35.3. The molecule has 48 heavy (non-hydrogen) atoms. The Kier molecular flexibility index (Phi) is 43.7. The van der Waals surface area contributed by atoms with Gasteiger partial charge in [-0.15, -0.1) is 0 Å². The summed E-state index contributed by atoms with van der Waals surface area (Å²) >= 11 is 0. The number of hydrogen-bond acceptors (Lipinski definition) is 12. The van der Waals surface area contributed by atoms with E-state index >= 15 is 0 Å². The van der Waals surface area contributed by atoms with Crippen LogP contribution in [-0.4, -0.2) is 119 Å². The van der Waals surface area contributed by atoms with Gasteiger partial charge in [0.15, 0.2) is 0 Å². The minimum Gasteiger partial charge on any atom is -0.425 e. The predicted molar refractivity (Wildman–Crippen MR) is 226 cm³/mol. The van der Waals surface area contributed by atoms with Crippen molar-refractivity contribution in [1.82, 2.24) is 0 Å². The van der Waals surface area contributed by atoms with Crippen LogP contribution in [0, 0.1) is 0 Å². The van der Waals surface area contributed by atoms with Gasteiger partial charge in [0.2, 0.25) is 0 Å². The molecule has 1 rings (SSSR count). The molecule has 1 heterocycles. The van der Waals surface area contributed by atoms with Gasteiger partial charge >= 0.3 is 9.28 Å². The highest BCUT2D eigenvalue weighted by molar-refractivity contribution is 6.58. The van der Waals surface area contributed by atoms with Gasteiger partial charge in [-0.25, -0.2) is 0 Å². The molecule has 0 saturated carbocycles. The first kappa shape index (κ1) is 48.1. The third-order valence-electron chi connectivity index (χ3n) is 7.97. The number of unbranched alkanes of at least 4 members (excludes halogenated alkanes) is 21. The van der Waals surface area contributed by atoms with Crippen molar-refractivity contribution in [2.24, 2.45) is 0 Å². The molecular formula is C24H72O12Si12. The molecule has 0 spiro atoms. The largest absolute Gasteiger partial charge is 0.425 e. The monoisotopic (exact) mass is 888 g/mol. The topological polar surface area (TPSA) is 111 Å². The zero-order chi connectivity index (χ0) is 34.1. The van der Waals surface area contributed by atoms with E-state index in [1.807, 2.05) is 0 Å². The molecule has 0 aromatic carbocycles. The van der Waals surface area contributed by atoms with E-state index in [1.165, 1.54) is 141 Å². The van der Waals surface area contributed by atoms with Gasteiger partial charge in [-0.3, -0.25) is 0 Å². The SMILES string of the molecule is CCCCCCCCCCCCCCCCCCCCCCCC[SiH]1O[SiH2]O[SiH2]O[SiH2]O[SiH2]O[SiH2]O[SiH2]O[SiH2]O[SiH2]O[SiH2]O[SiH2]O[SiH2]O1. The first-order valence-corrected chi connectivity index (χ1v) is 33.4. The molecule has 0 N–H and O–H groups in total. The molecule has 0 radical (unpaired) electrons. The minimum atomic E-state index is -1.76. The van der Waals surface area contributed by atoms with Crippen LogP contribution in [0.15, 0.2) is 0 Å². The second kappa shape index (κ2) is 43.5. The molecule has 1 aliphatic rings. The van der Waals surface area contributed by atoms with E-state index < -0.39 is 119 Å². The number of rotatable bonds is 23. The van der Waals surface area contributed by atoms with Crippen LogP contribution in [0.1, 0.15) is 148 Å². The molecule has 0 amide bonds. The van der Waals surface area contributed by atoms with Crippen LogP contribution < -0.4 is 0 Å². The van der Waals surface area contributed by atoms with Crippen molar-refractivity contribution in [2.45, 2.75) is 154 Å². The van der Waals surface area contributed by atoms with E-state index in [1.54, 1.807) is 0 Å². The highest BCUT2D eigenvalue weighted by Crippen LogP contribution is 2.16. The van der Waals surface area contributed by atoms with Gasteiger partial charge in [-0.1, -0.05) is 148 Å². The molecule has 24 heteroatoms. The summed E-state index contributed by atoms with van der Waals surface area (Å²) in [7, 11) is -13.0. The summed E-state index contributed by atoms with van der Waals surface area (Å²) in [6.07, 6.45) is 30.9. The average molecular weight is 890 g/mol. The zero-order valence-electron chi connectivity index (χ0n) is 30.5. The summed E-state index contributed by atoms with van der Waals surface area (Å²) in [5, 5.41) is 0. The van der Waals surface area contributed by atoms with Crippen LogP contribution in [0.4, 0.5) is 0 Å². The lowest BCUT2D eigenvalue weighted by Gasteiger charge is -2.18. The summed E-state index contributed by atoms with van der Waals surface area (Å²) < 4.78 is 68.5. The number of hydrogen-bond donors (Lipinski definition) is 0. The van der Waals surface area contributed by atoms with E-state index in [4.69, 9.17) is 49.4 Å². The van der Waals surface area contributed by atoms with Gasteiger partial charge in [0.1, 0.15) is 0 Å². The standard InChI is InChI=1S/C24H72O12Si12/c1-2-3-4-5-6-7-8-9-10-11-12-13-14-15-16-17-18-19-20-21-22-23-24-48-35-46-33-44-31-42-29-40-27-38-25-37-26-39-28-41-30-43-32-45-34-47-36-48/h48H,2-24,37-47H2,1H3. The molecule has 0 aliphatic carbocycles. The van der Waals surface area contributed by atoms with Gasteiger partial charge in [0.05, 0.1) is 0 Å². The van der Waals surface area contributed by atoms with E-state index in [9.17, 15) is 0 Å². The summed E-state index contributed by atoms with van der Waals surface area (Å²) in [5.41, 5.74) is 0. The first-order valence-electron chi connectivity index (χ1n) is 18.9. The molecule has 1 saturated heterocycles. The maximum Gasteiger partial charge on any atom is 0.303 e. The Hall–Kier alpha value is 2.12. The Morgan fingerprint density at radius 1 is 0.271 bits per heavy atom. The van der Waals surface area contributed by atoms with Crippen molar-refractivity contribution in [3.63, 3.8) is 0 Å². The van der Waals surface area contributed by atoms with Gasteiger partial charge in [0, 0.05) is 0 Å². The fraction of sp³-hybridized carbons (Fsp3) is 1.00. The van der Waals surface area contributed by atoms with Crippen LogP contribution in [0.3, 0.4) is 0 Å². The molecule has 0 bridgehead atoms. The van der Waals surface area contributed by atoms with Crippen LogP contribution in [0.5, 0.6) is 0 Å². The average Bonchev–Trinajstić information content (AvgIpc) is 3.10. The van der Waals surface area contributed by atoms with Crippen molar-refractivity contribution in [3.8, 4) is 0 Å². The normalized spacial score (nSPS) is 25.1. The second-order valence-electron chi connectivity index (χ2n) is 12.3. The van der Waals surface area contributed by atoms with Gasteiger partial charge < -0.3 is 49.4 Å². The molecule has 0 atom stereocenters. The lowest BCUT2D eigenvalue weighted by atomic mass is 10.0. The summed E-state index contributed by atoms with van der Waals surface area (Å²) in [6, 6.07) is 1.03. The molecular weight excluding hydrogens is 817 g/mol. The van der Waals surface area contributed by atoms with E-state index in [0.717, 1.165) is 6.04 Å². The van der Waals surface area contributed by atoms with Gasteiger partial charge in [-0.2, -0.15) is 0 Å². The van der Waals surface area contributed by atoms with Crippen LogP contribution in [0.25, 0.3) is 0 Å². The Labute approximate surface area is 321 Å². The minimum absolute atomic E-state index is 0.987. The van der Waals surface area contributed by atoms with Crippen molar-refractivity contribution in [3.05, 3.63) is 0 Å². The van der Waals surface area contributed by atoms with E-state index in [0.29, 0.717) is 0 Å². The summed E-state index contributed by atoms with van der Waals surface area (Å²) in [6.45, 7) is 2.30. The highest BCUT2D eigenvalue weighted by Gasteiger charge is 2.14. The molecule has 1 aliphatic heterocycles. The van der Waals surface area contributed by atoms with Crippen molar-refractivity contribution < 1.29 is 49.4 Å². The third kappa shape index (κ3) is 39.3. The summed E-state index contributed by atoms with van der Waals surface area (Å²) in [5.74, 6) is 0. The lowest BCUT2D eigenvalue weighted by Crippen LogP contribution is -2.30. The van der Waals surface area contributed by atoms with Crippen LogP contribution in [-0.2, 0) is 49.4 Å². The van der Waals surface area contributed by atoms with Crippen LogP contribution >= 0.6 is 0 Å². The predicted octanol–water partition coefficient (Wildman–Crippen LogP) is -1.99. The molecule has 1 fully saturated rings. The Bertz CT molecular complexity index is 598. The molecule has 288 valence electrons. The van der Waals surface area contributed by atoms with Gasteiger partial charge in [-0.05, 0) is 6.04 Å². The Balaban J connectivity index is 1.98. The lowest BCUT2D eigenvalue weighted by molar-refractivity contribution is 0.340. The van der Waals surface area contributed by atoms with E-state index in [-0.39, 0.29) is 0 Å². The maximum atomic E-state index is 6.16. The maximum absolute atomic E-state index is 6.16. The quantitative estimate of drug-likeness (QED) is 0.0838. The van der Waals surface area contributed by atoms with Crippen molar-refractivity contribution >= 4 is 119 Å². The summed E-state index contributed by atoms with van der Waals surface area (Å²) in [4.78, 5) is 0. The molecule has 0 aromatic heterocycles. The zero-order valence-corrected chi connectivity index (χ0v) is 47.2. The van der Waals surface area contributed by atoms with Gasteiger partial charge in [0.25, 0.3) is 110 Å². The third-order valence-corrected chi connectivity index (χ3v) is 26.2. The van der Waals surface area contributed by atoms with Crippen molar-refractivity contribution in [2.75, 3.05) is 0 Å². The molecule has 12 nitrogen and oxygen atoms in total. The van der Waals surface area contributed by atoms with Crippen molar-refractivity contribution in [1.29, 1.82) is 0 Å². The highest BCUT2D eigenvalue weighted by atomic mass is 28.4. The fourth-order valence-corrected chi connectivity index (χ4v) is 28.7. The van der Waals surface area contributed by atoms with Crippen LogP contribution in [0.2, 0.25) is 6.04 Å². The molecule has 0 aromatic rings. The smallest absolute Gasteiger partial charge is 0.303 e. The van der Waals surface area contributed by atoms with E-state index in [2.05, 4.69) is 6.92 Å².